The lowest BCUT2D eigenvalue weighted by Gasteiger charge is -2.36. The molecule has 2 aliphatic rings. The topological polar surface area (TPSA) is 47.0 Å². The lowest BCUT2D eigenvalue weighted by atomic mass is 10.1. The molecule has 2 aliphatic heterocycles. The first kappa shape index (κ1) is 16.4. The van der Waals surface area contributed by atoms with Gasteiger partial charge in [0, 0.05) is 39.3 Å². The van der Waals surface area contributed by atoms with Crippen molar-refractivity contribution in [1.29, 1.82) is 0 Å². The zero-order valence-electron chi connectivity index (χ0n) is 13.7. The summed E-state index contributed by atoms with van der Waals surface area (Å²) in [5, 5.41) is 9.70. The summed E-state index contributed by atoms with van der Waals surface area (Å²) in [7, 11) is 0. The van der Waals surface area contributed by atoms with E-state index in [0.29, 0.717) is 13.1 Å². The average Bonchev–Trinajstić information content (AvgIpc) is 2.56. The number of benzene rings is 1. The number of nitrogens with zero attached hydrogens (tertiary/aromatic N) is 3. The number of hydrogen-bond acceptors (Lipinski definition) is 4. The Hall–Kier alpha value is -1.43. The van der Waals surface area contributed by atoms with Crippen LogP contribution in [0.4, 0.5) is 0 Å². The van der Waals surface area contributed by atoms with Crippen molar-refractivity contribution in [3.05, 3.63) is 35.9 Å². The standard InChI is InChI=1S/C18H27N3O2/c22-17-7-4-8-20(14-17)15-18(23)21-11-9-19(10-12-21)13-16-5-2-1-3-6-16/h1-3,5-6,17,22H,4,7-15H2/t17-/m0/s1. The Morgan fingerprint density at radius 2 is 1.78 bits per heavy atom. The van der Waals surface area contributed by atoms with Crippen LogP contribution in [0, 0.1) is 0 Å². The zero-order chi connectivity index (χ0) is 16.1. The molecule has 2 saturated heterocycles. The van der Waals surface area contributed by atoms with Gasteiger partial charge in [-0.3, -0.25) is 14.6 Å². The molecule has 2 fully saturated rings. The maximum Gasteiger partial charge on any atom is 0.236 e. The van der Waals surface area contributed by atoms with Crippen molar-refractivity contribution in [2.45, 2.75) is 25.5 Å². The first-order valence-corrected chi connectivity index (χ1v) is 8.65. The van der Waals surface area contributed by atoms with Crippen LogP contribution in [0.25, 0.3) is 0 Å². The minimum atomic E-state index is -0.265. The van der Waals surface area contributed by atoms with Crippen molar-refractivity contribution in [3.8, 4) is 0 Å². The molecule has 2 heterocycles. The zero-order valence-corrected chi connectivity index (χ0v) is 13.7. The quantitative estimate of drug-likeness (QED) is 0.892. The molecule has 1 atom stereocenters. The van der Waals surface area contributed by atoms with Crippen molar-refractivity contribution < 1.29 is 9.90 Å². The molecule has 1 aromatic rings. The van der Waals surface area contributed by atoms with E-state index in [4.69, 9.17) is 0 Å². The monoisotopic (exact) mass is 317 g/mol. The van der Waals surface area contributed by atoms with E-state index in [1.165, 1.54) is 5.56 Å². The van der Waals surface area contributed by atoms with Gasteiger partial charge in [0.2, 0.25) is 5.91 Å². The lowest BCUT2D eigenvalue weighted by molar-refractivity contribution is -0.134. The minimum absolute atomic E-state index is 0.207. The Bertz CT molecular complexity index is 500. The summed E-state index contributed by atoms with van der Waals surface area (Å²) >= 11 is 0. The van der Waals surface area contributed by atoms with Crippen LogP contribution in [0.5, 0.6) is 0 Å². The van der Waals surface area contributed by atoms with E-state index in [2.05, 4.69) is 34.1 Å². The van der Waals surface area contributed by atoms with Crippen molar-refractivity contribution in [1.82, 2.24) is 14.7 Å². The number of likely N-dealkylation sites (tertiary alicyclic amines) is 1. The van der Waals surface area contributed by atoms with Crippen LogP contribution < -0.4 is 0 Å². The molecule has 0 bridgehead atoms. The van der Waals surface area contributed by atoms with E-state index in [1.807, 2.05) is 11.0 Å². The number of β-amino-alcohol motifs (C(OH)–C–C–N with tert-alkyl or cyclic N) is 1. The van der Waals surface area contributed by atoms with Crippen molar-refractivity contribution >= 4 is 5.91 Å². The number of amides is 1. The highest BCUT2D eigenvalue weighted by atomic mass is 16.3. The highest BCUT2D eigenvalue weighted by molar-refractivity contribution is 5.78. The normalized spacial score (nSPS) is 23.9. The molecule has 1 amide bonds. The fourth-order valence-corrected chi connectivity index (χ4v) is 3.46. The molecule has 5 nitrogen and oxygen atoms in total. The summed E-state index contributed by atoms with van der Waals surface area (Å²) in [6.45, 7) is 6.46. The van der Waals surface area contributed by atoms with E-state index in [-0.39, 0.29) is 12.0 Å². The second-order valence-corrected chi connectivity index (χ2v) is 6.67. The molecular weight excluding hydrogens is 290 g/mol. The van der Waals surface area contributed by atoms with Gasteiger partial charge >= 0.3 is 0 Å². The third-order valence-electron chi connectivity index (χ3n) is 4.81. The number of aliphatic hydroxyl groups is 1. The summed E-state index contributed by atoms with van der Waals surface area (Å²) in [6.07, 6.45) is 1.58. The fraction of sp³-hybridized carbons (Fsp3) is 0.611. The Morgan fingerprint density at radius 3 is 2.48 bits per heavy atom. The molecule has 0 aliphatic carbocycles. The van der Waals surface area contributed by atoms with Gasteiger partial charge in [0.15, 0.2) is 0 Å². The van der Waals surface area contributed by atoms with Gasteiger partial charge in [-0.25, -0.2) is 0 Å². The van der Waals surface area contributed by atoms with E-state index < -0.39 is 0 Å². The highest BCUT2D eigenvalue weighted by Crippen LogP contribution is 2.12. The third kappa shape index (κ3) is 4.77. The smallest absolute Gasteiger partial charge is 0.236 e. The van der Waals surface area contributed by atoms with Gasteiger partial charge in [0.05, 0.1) is 12.6 Å². The van der Waals surface area contributed by atoms with Gasteiger partial charge in [0.25, 0.3) is 0 Å². The highest BCUT2D eigenvalue weighted by Gasteiger charge is 2.25. The fourth-order valence-electron chi connectivity index (χ4n) is 3.46. The average molecular weight is 317 g/mol. The molecule has 0 aromatic heterocycles. The molecule has 1 aromatic carbocycles. The summed E-state index contributed by atoms with van der Waals surface area (Å²) < 4.78 is 0. The molecule has 0 spiro atoms. The van der Waals surface area contributed by atoms with E-state index >= 15 is 0 Å². The van der Waals surface area contributed by atoms with E-state index in [9.17, 15) is 9.90 Å². The molecule has 0 radical (unpaired) electrons. The van der Waals surface area contributed by atoms with Crippen LogP contribution in [-0.4, -0.2) is 77.6 Å². The number of rotatable bonds is 4. The van der Waals surface area contributed by atoms with E-state index in [0.717, 1.165) is 52.1 Å². The first-order valence-electron chi connectivity index (χ1n) is 8.65. The Balaban J connectivity index is 1.42. The number of hydrogen-bond donors (Lipinski definition) is 1. The van der Waals surface area contributed by atoms with E-state index in [1.54, 1.807) is 0 Å². The molecule has 3 rings (SSSR count). The molecule has 23 heavy (non-hydrogen) atoms. The van der Waals surface area contributed by atoms with Crippen molar-refractivity contribution in [2.75, 3.05) is 45.8 Å². The molecule has 5 heteroatoms. The Kier molecular flexibility index (Phi) is 5.65. The molecule has 0 saturated carbocycles. The number of carbonyl (C=O) groups excluding carboxylic acids is 1. The number of aliphatic hydroxyl groups excluding tert-OH is 1. The van der Waals surface area contributed by atoms with Gasteiger partial charge in [0.1, 0.15) is 0 Å². The van der Waals surface area contributed by atoms with Crippen LogP contribution in [0.15, 0.2) is 30.3 Å². The SMILES string of the molecule is O=C(CN1CCC[C@H](O)C1)N1CCN(Cc2ccccc2)CC1. The largest absolute Gasteiger partial charge is 0.392 e. The number of piperidine rings is 1. The second kappa shape index (κ2) is 7.90. The number of piperazine rings is 1. The molecule has 1 N–H and O–H groups in total. The van der Waals surface area contributed by atoms with Gasteiger partial charge in [-0.1, -0.05) is 30.3 Å². The van der Waals surface area contributed by atoms with Gasteiger partial charge in [-0.15, -0.1) is 0 Å². The van der Waals surface area contributed by atoms with Gasteiger partial charge < -0.3 is 10.0 Å². The first-order chi connectivity index (χ1) is 11.2. The summed E-state index contributed by atoms with van der Waals surface area (Å²) in [4.78, 5) is 18.9. The van der Waals surface area contributed by atoms with Crippen LogP contribution in [0.3, 0.4) is 0 Å². The predicted octanol–water partition coefficient (Wildman–Crippen LogP) is 0.788. The predicted molar refractivity (Wildman–Crippen MR) is 90.0 cm³/mol. The maximum absolute atomic E-state index is 12.4. The number of carbonyl (C=O) groups is 1. The van der Waals surface area contributed by atoms with Crippen LogP contribution >= 0.6 is 0 Å². The summed E-state index contributed by atoms with van der Waals surface area (Å²) in [6, 6.07) is 10.5. The molecule has 0 unspecified atom stereocenters. The van der Waals surface area contributed by atoms with Crippen LogP contribution in [0.1, 0.15) is 18.4 Å². The molecular formula is C18H27N3O2. The lowest BCUT2D eigenvalue weighted by Crippen LogP contribution is -2.52. The molecule has 126 valence electrons. The summed E-state index contributed by atoms with van der Waals surface area (Å²) in [5.74, 6) is 0.207. The van der Waals surface area contributed by atoms with Gasteiger partial charge in [-0.05, 0) is 24.9 Å². The van der Waals surface area contributed by atoms with Crippen molar-refractivity contribution in [3.63, 3.8) is 0 Å². The van der Waals surface area contributed by atoms with Crippen LogP contribution in [0.2, 0.25) is 0 Å². The van der Waals surface area contributed by atoms with Crippen LogP contribution in [-0.2, 0) is 11.3 Å². The van der Waals surface area contributed by atoms with Crippen molar-refractivity contribution in [2.24, 2.45) is 0 Å². The maximum atomic E-state index is 12.4. The summed E-state index contributed by atoms with van der Waals surface area (Å²) in [5.41, 5.74) is 1.33. The Labute approximate surface area is 138 Å². The Morgan fingerprint density at radius 1 is 1.04 bits per heavy atom. The van der Waals surface area contributed by atoms with Gasteiger partial charge in [-0.2, -0.15) is 0 Å². The third-order valence-corrected chi connectivity index (χ3v) is 4.81. The second-order valence-electron chi connectivity index (χ2n) is 6.67. The minimum Gasteiger partial charge on any atom is -0.392 e.